The summed E-state index contributed by atoms with van der Waals surface area (Å²) in [5.41, 5.74) is 4.25. The molecule has 2 heterocycles. The standard InChI is InChI=1S/C17H32N4/c1-5-21-15(2)13-17(16(21)3)14-18-7-6-8-20-11-9-19(4)10-12-20/h13,18H,5-12,14H2,1-4H3. The molecule has 0 aliphatic carbocycles. The maximum absolute atomic E-state index is 3.61. The van der Waals surface area contributed by atoms with E-state index in [4.69, 9.17) is 0 Å². The molecule has 0 atom stereocenters. The number of nitrogens with one attached hydrogen (secondary N) is 1. The minimum atomic E-state index is 1.00. The number of aromatic nitrogens is 1. The van der Waals surface area contributed by atoms with Gasteiger partial charge in [-0.25, -0.2) is 0 Å². The highest BCUT2D eigenvalue weighted by atomic mass is 15.2. The first-order valence-corrected chi connectivity index (χ1v) is 8.39. The molecule has 1 fully saturated rings. The van der Waals surface area contributed by atoms with Crippen LogP contribution in [0, 0.1) is 13.8 Å². The van der Waals surface area contributed by atoms with Gasteiger partial charge in [-0.2, -0.15) is 0 Å². The maximum Gasteiger partial charge on any atom is 0.0223 e. The van der Waals surface area contributed by atoms with Crippen LogP contribution in [-0.2, 0) is 13.1 Å². The number of hydrogen-bond acceptors (Lipinski definition) is 3. The molecule has 0 radical (unpaired) electrons. The van der Waals surface area contributed by atoms with Gasteiger partial charge in [0.25, 0.3) is 0 Å². The van der Waals surface area contributed by atoms with Crippen LogP contribution in [0.5, 0.6) is 0 Å². The van der Waals surface area contributed by atoms with Gasteiger partial charge < -0.3 is 19.7 Å². The summed E-state index contributed by atoms with van der Waals surface area (Å²) in [6.45, 7) is 16.0. The Labute approximate surface area is 130 Å². The van der Waals surface area contributed by atoms with Crippen molar-refractivity contribution in [2.24, 2.45) is 0 Å². The molecule has 1 saturated heterocycles. The van der Waals surface area contributed by atoms with Crippen molar-refractivity contribution in [2.75, 3.05) is 46.3 Å². The minimum absolute atomic E-state index is 1.00. The summed E-state index contributed by atoms with van der Waals surface area (Å²) in [4.78, 5) is 5.00. The van der Waals surface area contributed by atoms with Crippen LogP contribution < -0.4 is 5.32 Å². The number of hydrogen-bond donors (Lipinski definition) is 1. The van der Waals surface area contributed by atoms with Crippen LogP contribution in [0.1, 0.15) is 30.3 Å². The minimum Gasteiger partial charge on any atom is -0.349 e. The SMILES string of the molecule is CCn1c(C)cc(CNCCCN2CCN(C)CC2)c1C. The molecular formula is C17H32N4. The van der Waals surface area contributed by atoms with Crippen LogP contribution >= 0.6 is 0 Å². The van der Waals surface area contributed by atoms with Gasteiger partial charge in [-0.3, -0.25) is 0 Å². The van der Waals surface area contributed by atoms with Gasteiger partial charge in [0.05, 0.1) is 0 Å². The topological polar surface area (TPSA) is 23.4 Å². The Morgan fingerprint density at radius 1 is 1.14 bits per heavy atom. The molecule has 0 spiro atoms. The highest BCUT2D eigenvalue weighted by Crippen LogP contribution is 2.14. The van der Waals surface area contributed by atoms with E-state index in [0.717, 1.165) is 19.6 Å². The zero-order chi connectivity index (χ0) is 15.2. The van der Waals surface area contributed by atoms with Gasteiger partial charge in [0.15, 0.2) is 0 Å². The van der Waals surface area contributed by atoms with Crippen LogP contribution in [0.2, 0.25) is 0 Å². The third-order valence-corrected chi connectivity index (χ3v) is 4.73. The van der Waals surface area contributed by atoms with Gasteiger partial charge >= 0.3 is 0 Å². The fourth-order valence-corrected chi connectivity index (χ4v) is 3.26. The van der Waals surface area contributed by atoms with E-state index in [1.807, 2.05) is 0 Å². The molecule has 2 rings (SSSR count). The highest BCUT2D eigenvalue weighted by molar-refractivity contribution is 5.26. The fraction of sp³-hybridized carbons (Fsp3) is 0.765. The second kappa shape index (κ2) is 7.97. The third-order valence-electron chi connectivity index (χ3n) is 4.73. The van der Waals surface area contributed by atoms with Crippen molar-refractivity contribution >= 4 is 0 Å². The van der Waals surface area contributed by atoms with E-state index < -0.39 is 0 Å². The first kappa shape index (κ1) is 16.5. The predicted octanol–water partition coefficient (Wildman–Crippen LogP) is 1.85. The zero-order valence-electron chi connectivity index (χ0n) is 14.3. The van der Waals surface area contributed by atoms with Crippen LogP contribution in [0.25, 0.3) is 0 Å². The number of likely N-dealkylation sites (N-methyl/N-ethyl adjacent to an activating group) is 1. The van der Waals surface area contributed by atoms with Crippen LogP contribution in [0.3, 0.4) is 0 Å². The first-order chi connectivity index (χ1) is 10.1. The molecular weight excluding hydrogens is 260 g/mol. The zero-order valence-corrected chi connectivity index (χ0v) is 14.3. The van der Waals surface area contributed by atoms with Crippen LogP contribution in [0.15, 0.2) is 6.07 Å². The fourth-order valence-electron chi connectivity index (χ4n) is 3.26. The molecule has 0 saturated carbocycles. The summed E-state index contributed by atoms with van der Waals surface area (Å²) in [6, 6.07) is 2.33. The van der Waals surface area contributed by atoms with Gasteiger partial charge in [-0.05, 0) is 59.0 Å². The average Bonchev–Trinajstić information content (AvgIpc) is 2.74. The number of piperazine rings is 1. The van der Waals surface area contributed by atoms with Gasteiger partial charge in [0, 0.05) is 50.7 Å². The van der Waals surface area contributed by atoms with Crippen molar-refractivity contribution < 1.29 is 0 Å². The van der Waals surface area contributed by atoms with E-state index in [1.54, 1.807) is 0 Å². The van der Waals surface area contributed by atoms with Crippen molar-refractivity contribution in [3.63, 3.8) is 0 Å². The molecule has 1 aliphatic rings. The second-order valence-corrected chi connectivity index (χ2v) is 6.32. The molecule has 0 amide bonds. The van der Waals surface area contributed by atoms with E-state index in [0.29, 0.717) is 0 Å². The van der Waals surface area contributed by atoms with Crippen molar-refractivity contribution in [2.45, 2.75) is 40.3 Å². The molecule has 0 aromatic carbocycles. The van der Waals surface area contributed by atoms with Crippen molar-refractivity contribution in [1.29, 1.82) is 0 Å². The lowest BCUT2D eigenvalue weighted by atomic mass is 10.2. The Hall–Kier alpha value is -0.840. The molecule has 120 valence electrons. The normalized spacial score (nSPS) is 17.5. The summed E-state index contributed by atoms with van der Waals surface area (Å²) >= 11 is 0. The quantitative estimate of drug-likeness (QED) is 0.776. The Balaban J connectivity index is 1.64. The summed E-state index contributed by atoms with van der Waals surface area (Å²) in [5.74, 6) is 0. The van der Waals surface area contributed by atoms with E-state index >= 15 is 0 Å². The van der Waals surface area contributed by atoms with E-state index in [1.165, 1.54) is 56.1 Å². The van der Waals surface area contributed by atoms with Crippen molar-refractivity contribution in [1.82, 2.24) is 19.7 Å². The smallest absolute Gasteiger partial charge is 0.0223 e. The molecule has 0 unspecified atom stereocenters. The van der Waals surface area contributed by atoms with Crippen molar-refractivity contribution in [3.05, 3.63) is 23.0 Å². The molecule has 0 bridgehead atoms. The van der Waals surface area contributed by atoms with E-state index in [-0.39, 0.29) is 0 Å². The Morgan fingerprint density at radius 2 is 1.86 bits per heavy atom. The largest absolute Gasteiger partial charge is 0.349 e. The lowest BCUT2D eigenvalue weighted by Crippen LogP contribution is -2.45. The van der Waals surface area contributed by atoms with E-state index in [9.17, 15) is 0 Å². The Bertz CT molecular complexity index is 430. The lowest BCUT2D eigenvalue weighted by Gasteiger charge is -2.32. The Kier molecular flexibility index (Phi) is 6.27. The molecule has 21 heavy (non-hydrogen) atoms. The summed E-state index contributed by atoms with van der Waals surface area (Å²) in [5, 5.41) is 3.61. The monoisotopic (exact) mass is 292 g/mol. The van der Waals surface area contributed by atoms with Crippen molar-refractivity contribution in [3.8, 4) is 0 Å². The van der Waals surface area contributed by atoms with Crippen LogP contribution in [-0.4, -0.2) is 60.7 Å². The average molecular weight is 292 g/mol. The molecule has 4 nitrogen and oxygen atoms in total. The Morgan fingerprint density at radius 3 is 2.48 bits per heavy atom. The molecule has 1 aliphatic heterocycles. The van der Waals surface area contributed by atoms with Gasteiger partial charge in [-0.1, -0.05) is 0 Å². The molecule has 1 N–H and O–H groups in total. The molecule has 1 aromatic heterocycles. The first-order valence-electron chi connectivity index (χ1n) is 8.39. The lowest BCUT2D eigenvalue weighted by molar-refractivity contribution is 0.153. The van der Waals surface area contributed by atoms with Crippen LogP contribution in [0.4, 0.5) is 0 Å². The number of aryl methyl sites for hydroxylation is 1. The van der Waals surface area contributed by atoms with Gasteiger partial charge in [-0.15, -0.1) is 0 Å². The molecule has 1 aromatic rings. The highest BCUT2D eigenvalue weighted by Gasteiger charge is 2.12. The van der Waals surface area contributed by atoms with Gasteiger partial charge in [0.2, 0.25) is 0 Å². The predicted molar refractivity (Wildman–Crippen MR) is 89.8 cm³/mol. The summed E-state index contributed by atoms with van der Waals surface area (Å²) < 4.78 is 2.39. The number of nitrogens with zero attached hydrogens (tertiary/aromatic N) is 3. The maximum atomic E-state index is 3.61. The van der Waals surface area contributed by atoms with E-state index in [2.05, 4.69) is 53.6 Å². The second-order valence-electron chi connectivity index (χ2n) is 6.32. The third kappa shape index (κ3) is 4.56. The summed E-state index contributed by atoms with van der Waals surface area (Å²) in [6.07, 6.45) is 1.25. The van der Waals surface area contributed by atoms with Gasteiger partial charge in [0.1, 0.15) is 0 Å². The summed E-state index contributed by atoms with van der Waals surface area (Å²) in [7, 11) is 2.21. The number of rotatable bonds is 7. The molecule has 4 heteroatoms.